The Morgan fingerprint density at radius 1 is 1.46 bits per heavy atom. The molecule has 3 heterocycles. The Hall–Kier alpha value is -1.73. The Morgan fingerprint density at radius 2 is 2.25 bits per heavy atom. The van der Waals surface area contributed by atoms with Crippen molar-refractivity contribution in [3.63, 3.8) is 0 Å². The number of methoxy groups -OCH3 is 1. The quantitative estimate of drug-likeness (QED) is 0.859. The number of rotatable bonds is 4. The number of nitrogens with zero attached hydrogens (tertiary/aromatic N) is 2. The first kappa shape index (κ1) is 17.1. The van der Waals surface area contributed by atoms with E-state index in [1.807, 2.05) is 6.92 Å². The Bertz CT molecular complexity index is 811. The highest BCUT2D eigenvalue weighted by Gasteiger charge is 2.23. The first-order valence-electron chi connectivity index (χ1n) is 8.42. The highest BCUT2D eigenvalue weighted by Crippen LogP contribution is 2.29. The van der Waals surface area contributed by atoms with Gasteiger partial charge in [-0.15, -0.1) is 11.3 Å². The lowest BCUT2D eigenvalue weighted by Crippen LogP contribution is -2.37. The number of aromatic nitrogens is 2. The molecule has 0 aromatic carbocycles. The van der Waals surface area contributed by atoms with E-state index < -0.39 is 5.97 Å². The fraction of sp³-hybridized carbons (Fsp3) is 0.588. The Balaban J connectivity index is 2.00. The van der Waals surface area contributed by atoms with Gasteiger partial charge >= 0.3 is 5.97 Å². The number of fused-ring (bicyclic) bond motifs is 1. The molecule has 1 aliphatic rings. The number of aromatic amines is 1. The van der Waals surface area contributed by atoms with Gasteiger partial charge in [0.25, 0.3) is 5.56 Å². The third-order valence-corrected chi connectivity index (χ3v) is 5.83. The number of esters is 1. The lowest BCUT2D eigenvalue weighted by Gasteiger charge is -2.32. The standard InChI is InChI=1S/C17H23N3O3S/c1-4-11-13-15(21)18-12(9-20-8-6-5-7-10(20)2)19-16(13)24-14(11)17(22)23-3/h10H,4-9H2,1-3H3,(H,18,19,21). The Kier molecular flexibility index (Phi) is 5.01. The van der Waals surface area contributed by atoms with Gasteiger partial charge < -0.3 is 9.72 Å². The van der Waals surface area contributed by atoms with Gasteiger partial charge in [-0.25, -0.2) is 9.78 Å². The molecule has 3 rings (SSSR count). The van der Waals surface area contributed by atoms with Crippen LogP contribution in [0, 0.1) is 0 Å². The summed E-state index contributed by atoms with van der Waals surface area (Å²) in [7, 11) is 1.35. The van der Waals surface area contributed by atoms with Gasteiger partial charge in [0.1, 0.15) is 15.5 Å². The molecule has 6 nitrogen and oxygen atoms in total. The second-order valence-corrected chi connectivity index (χ2v) is 7.26. The van der Waals surface area contributed by atoms with E-state index in [9.17, 15) is 9.59 Å². The predicted octanol–water partition coefficient (Wildman–Crippen LogP) is 2.71. The summed E-state index contributed by atoms with van der Waals surface area (Å²) in [6, 6.07) is 0.500. The van der Waals surface area contributed by atoms with Crippen LogP contribution < -0.4 is 5.56 Å². The van der Waals surface area contributed by atoms with Gasteiger partial charge in [-0.2, -0.15) is 0 Å². The fourth-order valence-electron chi connectivity index (χ4n) is 3.36. The lowest BCUT2D eigenvalue weighted by atomic mass is 10.0. The number of H-pyrrole nitrogens is 1. The summed E-state index contributed by atoms with van der Waals surface area (Å²) in [5, 5.41) is 0.526. The van der Waals surface area contributed by atoms with Crippen LogP contribution >= 0.6 is 11.3 Å². The van der Waals surface area contributed by atoms with Crippen LogP contribution in [0.2, 0.25) is 0 Å². The summed E-state index contributed by atoms with van der Waals surface area (Å²) in [6.07, 6.45) is 4.21. The zero-order chi connectivity index (χ0) is 17.3. The maximum absolute atomic E-state index is 12.6. The predicted molar refractivity (Wildman–Crippen MR) is 94.7 cm³/mol. The monoisotopic (exact) mass is 349 g/mol. The SMILES string of the molecule is CCc1c(C(=O)OC)sc2nc(CN3CCCCC3C)[nH]c(=O)c12. The Morgan fingerprint density at radius 3 is 2.92 bits per heavy atom. The van der Waals surface area contributed by atoms with Gasteiger partial charge in [-0.3, -0.25) is 9.69 Å². The molecule has 1 atom stereocenters. The summed E-state index contributed by atoms with van der Waals surface area (Å²) in [5.74, 6) is 0.266. The van der Waals surface area contributed by atoms with Crippen molar-refractivity contribution in [3.05, 3.63) is 26.6 Å². The third-order valence-electron chi connectivity index (χ3n) is 4.73. The van der Waals surface area contributed by atoms with Crippen LogP contribution in [0.5, 0.6) is 0 Å². The van der Waals surface area contributed by atoms with Gasteiger partial charge in [0.2, 0.25) is 0 Å². The highest BCUT2D eigenvalue weighted by atomic mass is 32.1. The normalized spacial score (nSPS) is 18.9. The van der Waals surface area contributed by atoms with Gasteiger partial charge in [0.15, 0.2) is 0 Å². The molecule has 0 amide bonds. The van der Waals surface area contributed by atoms with Gasteiger partial charge in [0.05, 0.1) is 19.0 Å². The molecule has 0 saturated carbocycles. The molecular weight excluding hydrogens is 326 g/mol. The average molecular weight is 349 g/mol. The zero-order valence-corrected chi connectivity index (χ0v) is 15.2. The molecule has 0 bridgehead atoms. The van der Waals surface area contributed by atoms with E-state index >= 15 is 0 Å². The molecule has 2 aromatic rings. The van der Waals surface area contributed by atoms with Crippen molar-refractivity contribution < 1.29 is 9.53 Å². The van der Waals surface area contributed by atoms with E-state index in [2.05, 4.69) is 21.8 Å². The summed E-state index contributed by atoms with van der Waals surface area (Å²) in [6.45, 7) is 5.81. The van der Waals surface area contributed by atoms with Crippen molar-refractivity contribution in [2.75, 3.05) is 13.7 Å². The topological polar surface area (TPSA) is 75.3 Å². The summed E-state index contributed by atoms with van der Waals surface area (Å²) >= 11 is 1.25. The summed E-state index contributed by atoms with van der Waals surface area (Å²) in [4.78, 5) is 35.5. The number of thiophene rings is 1. The second-order valence-electron chi connectivity index (χ2n) is 6.26. The maximum Gasteiger partial charge on any atom is 0.348 e. The average Bonchev–Trinajstić information content (AvgIpc) is 2.95. The molecule has 1 aliphatic heterocycles. The highest BCUT2D eigenvalue weighted by molar-refractivity contribution is 7.20. The van der Waals surface area contributed by atoms with Crippen LogP contribution in [-0.2, 0) is 17.7 Å². The van der Waals surface area contributed by atoms with E-state index in [4.69, 9.17) is 4.74 Å². The Labute approximate surface area is 144 Å². The van der Waals surface area contributed by atoms with Crippen LogP contribution in [0.25, 0.3) is 10.2 Å². The number of carbonyl (C=O) groups is 1. The van der Waals surface area contributed by atoms with E-state index in [0.717, 1.165) is 12.1 Å². The van der Waals surface area contributed by atoms with Crippen LogP contribution in [0.1, 0.15) is 54.2 Å². The van der Waals surface area contributed by atoms with E-state index in [1.165, 1.54) is 37.7 Å². The minimum absolute atomic E-state index is 0.164. The van der Waals surface area contributed by atoms with E-state index in [-0.39, 0.29) is 5.56 Å². The van der Waals surface area contributed by atoms with Crippen LogP contribution in [-0.4, -0.2) is 40.5 Å². The number of ether oxygens (including phenoxy) is 1. The van der Waals surface area contributed by atoms with Crippen molar-refractivity contribution in [1.82, 2.24) is 14.9 Å². The van der Waals surface area contributed by atoms with Crippen molar-refractivity contribution >= 4 is 27.5 Å². The smallest absolute Gasteiger partial charge is 0.348 e. The summed E-state index contributed by atoms with van der Waals surface area (Å²) in [5.41, 5.74) is 0.566. The molecule has 0 radical (unpaired) electrons. The largest absolute Gasteiger partial charge is 0.465 e. The minimum atomic E-state index is -0.402. The summed E-state index contributed by atoms with van der Waals surface area (Å²) < 4.78 is 4.84. The molecule has 1 N–H and O–H groups in total. The number of hydrogen-bond acceptors (Lipinski definition) is 6. The van der Waals surface area contributed by atoms with Crippen LogP contribution in [0.4, 0.5) is 0 Å². The minimum Gasteiger partial charge on any atom is -0.465 e. The molecular formula is C17H23N3O3S. The van der Waals surface area contributed by atoms with Crippen LogP contribution in [0.15, 0.2) is 4.79 Å². The number of likely N-dealkylation sites (tertiary alicyclic amines) is 1. The molecule has 1 fully saturated rings. The number of nitrogens with one attached hydrogen (secondary N) is 1. The molecule has 0 spiro atoms. The van der Waals surface area contributed by atoms with Gasteiger partial charge in [0, 0.05) is 6.04 Å². The molecule has 24 heavy (non-hydrogen) atoms. The first-order chi connectivity index (χ1) is 11.5. The molecule has 1 unspecified atom stereocenters. The van der Waals surface area contributed by atoms with Crippen molar-refractivity contribution in [2.45, 2.75) is 52.1 Å². The first-order valence-corrected chi connectivity index (χ1v) is 9.23. The third kappa shape index (κ3) is 3.10. The number of hydrogen-bond donors (Lipinski definition) is 1. The second kappa shape index (κ2) is 7.03. The number of piperidine rings is 1. The van der Waals surface area contributed by atoms with Crippen molar-refractivity contribution in [2.24, 2.45) is 0 Å². The molecule has 7 heteroatoms. The van der Waals surface area contributed by atoms with Crippen LogP contribution in [0.3, 0.4) is 0 Å². The van der Waals surface area contributed by atoms with Crippen molar-refractivity contribution in [1.29, 1.82) is 0 Å². The maximum atomic E-state index is 12.6. The fourth-order valence-corrected chi connectivity index (χ4v) is 4.57. The lowest BCUT2D eigenvalue weighted by molar-refractivity contribution is 0.0605. The molecule has 130 valence electrons. The number of aryl methyl sites for hydroxylation is 1. The van der Waals surface area contributed by atoms with E-state index in [1.54, 1.807) is 0 Å². The molecule has 2 aromatic heterocycles. The van der Waals surface area contributed by atoms with Gasteiger partial charge in [-0.05, 0) is 38.3 Å². The van der Waals surface area contributed by atoms with Crippen molar-refractivity contribution in [3.8, 4) is 0 Å². The molecule has 1 saturated heterocycles. The zero-order valence-electron chi connectivity index (χ0n) is 14.3. The molecule has 0 aliphatic carbocycles. The number of carbonyl (C=O) groups excluding carboxylic acids is 1. The van der Waals surface area contributed by atoms with Gasteiger partial charge in [-0.1, -0.05) is 13.3 Å². The van der Waals surface area contributed by atoms with E-state index in [0.29, 0.717) is 39.9 Å².